The summed E-state index contributed by atoms with van der Waals surface area (Å²) in [6, 6.07) is 21.0. The summed E-state index contributed by atoms with van der Waals surface area (Å²) in [4.78, 5) is 5.05. The number of nitrogens with one attached hydrogen (secondary N) is 1. The zero-order valence-corrected chi connectivity index (χ0v) is 20.5. The molecule has 0 fully saturated rings. The normalized spacial score (nSPS) is 25.0. The van der Waals surface area contributed by atoms with Crippen LogP contribution in [0.1, 0.15) is 52.9 Å². The molecule has 0 amide bonds. The first-order valence-electron chi connectivity index (χ1n) is 10.7. The maximum atomic E-state index is 6.69. The van der Waals surface area contributed by atoms with Gasteiger partial charge >= 0.3 is 0 Å². The molecule has 2 atom stereocenters. The van der Waals surface area contributed by atoms with E-state index in [4.69, 9.17) is 9.47 Å². The molecule has 2 aromatic carbocycles. The fourth-order valence-corrected chi connectivity index (χ4v) is 6.98. The van der Waals surface area contributed by atoms with E-state index in [1.54, 1.807) is 23.5 Å². The standard InChI is InChI=1S/C26H29NO2S2/c1-23(2,3)25(28-17-11-7-9-13-19(17)30-25)21-15-16-22(27-21)26(24(4,5)6)29-18-12-8-10-14-20(18)31-26/h7-16,27H,1-6H3. The van der Waals surface area contributed by atoms with Crippen LogP contribution in [0.15, 0.2) is 70.5 Å². The monoisotopic (exact) mass is 451 g/mol. The second kappa shape index (κ2) is 6.76. The lowest BCUT2D eigenvalue weighted by atomic mass is 9.86. The summed E-state index contributed by atoms with van der Waals surface area (Å²) in [6.45, 7) is 13.4. The Bertz CT molecular complexity index is 999. The van der Waals surface area contributed by atoms with Gasteiger partial charge in [0.25, 0.3) is 0 Å². The number of hydrogen-bond acceptors (Lipinski definition) is 4. The number of aromatic amines is 1. The molecule has 0 aliphatic carbocycles. The Labute approximate surface area is 193 Å². The molecule has 0 spiro atoms. The molecule has 162 valence electrons. The van der Waals surface area contributed by atoms with Crippen molar-refractivity contribution in [2.24, 2.45) is 10.8 Å². The van der Waals surface area contributed by atoms with Gasteiger partial charge in [-0.3, -0.25) is 0 Å². The fourth-order valence-electron chi connectivity index (χ4n) is 4.32. The van der Waals surface area contributed by atoms with Gasteiger partial charge in [-0.15, -0.1) is 0 Å². The minimum Gasteiger partial charge on any atom is -0.469 e. The van der Waals surface area contributed by atoms with Gasteiger partial charge in [0.05, 0.1) is 21.2 Å². The number of H-pyrrole nitrogens is 1. The van der Waals surface area contributed by atoms with Crippen LogP contribution in [0.5, 0.6) is 11.5 Å². The van der Waals surface area contributed by atoms with Crippen molar-refractivity contribution in [2.45, 2.75) is 61.2 Å². The van der Waals surface area contributed by atoms with Crippen molar-refractivity contribution in [1.29, 1.82) is 0 Å². The largest absolute Gasteiger partial charge is 0.469 e. The van der Waals surface area contributed by atoms with Gasteiger partial charge in [-0.05, 0) is 36.4 Å². The molecule has 5 rings (SSSR count). The van der Waals surface area contributed by atoms with Gasteiger partial charge in [0, 0.05) is 10.8 Å². The van der Waals surface area contributed by atoms with Crippen molar-refractivity contribution in [3.63, 3.8) is 0 Å². The lowest BCUT2D eigenvalue weighted by molar-refractivity contribution is 0.0450. The highest BCUT2D eigenvalue weighted by Gasteiger charge is 2.55. The van der Waals surface area contributed by atoms with E-state index in [2.05, 4.69) is 95.1 Å². The summed E-state index contributed by atoms with van der Waals surface area (Å²) >= 11 is 3.58. The molecule has 5 heteroatoms. The average molecular weight is 452 g/mol. The van der Waals surface area contributed by atoms with E-state index in [0.29, 0.717) is 0 Å². The zero-order valence-electron chi connectivity index (χ0n) is 18.9. The third-order valence-corrected chi connectivity index (χ3v) is 9.60. The average Bonchev–Trinajstić information content (AvgIpc) is 3.41. The number of aromatic nitrogens is 1. The van der Waals surface area contributed by atoms with Gasteiger partial charge in [0.1, 0.15) is 11.5 Å². The summed E-state index contributed by atoms with van der Waals surface area (Å²) in [5.41, 5.74) is 1.86. The lowest BCUT2D eigenvalue weighted by Crippen LogP contribution is -2.42. The molecule has 1 aromatic heterocycles. The van der Waals surface area contributed by atoms with Crippen molar-refractivity contribution < 1.29 is 9.47 Å². The van der Waals surface area contributed by atoms with E-state index in [0.717, 1.165) is 22.9 Å². The molecule has 0 saturated carbocycles. The number of fused-ring (bicyclic) bond motifs is 2. The van der Waals surface area contributed by atoms with E-state index in [1.807, 2.05) is 12.1 Å². The Morgan fingerprint density at radius 2 is 1.00 bits per heavy atom. The van der Waals surface area contributed by atoms with Crippen molar-refractivity contribution in [1.82, 2.24) is 4.98 Å². The summed E-state index contributed by atoms with van der Waals surface area (Å²) < 4.78 is 13.4. The van der Waals surface area contributed by atoms with E-state index >= 15 is 0 Å². The molecule has 2 aliphatic heterocycles. The van der Waals surface area contributed by atoms with Crippen LogP contribution in [-0.4, -0.2) is 4.98 Å². The summed E-state index contributed by atoms with van der Waals surface area (Å²) in [7, 11) is 0. The highest BCUT2D eigenvalue weighted by atomic mass is 32.2. The molecule has 0 bridgehead atoms. The Kier molecular flexibility index (Phi) is 4.56. The maximum Gasteiger partial charge on any atom is 0.203 e. The van der Waals surface area contributed by atoms with Crippen LogP contribution in [0.4, 0.5) is 0 Å². The molecule has 0 radical (unpaired) electrons. The van der Waals surface area contributed by atoms with Crippen LogP contribution in [0, 0.1) is 10.8 Å². The maximum absolute atomic E-state index is 6.69. The Hall–Kier alpha value is -1.98. The van der Waals surface area contributed by atoms with Crippen LogP contribution in [-0.2, 0) is 9.87 Å². The molecule has 3 heterocycles. The first-order chi connectivity index (χ1) is 14.6. The van der Waals surface area contributed by atoms with Crippen molar-refractivity contribution in [3.8, 4) is 11.5 Å². The van der Waals surface area contributed by atoms with Crippen LogP contribution in [0.25, 0.3) is 0 Å². The number of benzene rings is 2. The molecular weight excluding hydrogens is 422 g/mol. The topological polar surface area (TPSA) is 34.2 Å². The zero-order chi connectivity index (χ0) is 22.1. The van der Waals surface area contributed by atoms with Gasteiger partial charge in [0.2, 0.25) is 9.87 Å². The number of para-hydroxylation sites is 2. The fraction of sp³-hybridized carbons (Fsp3) is 0.385. The highest BCUT2D eigenvalue weighted by Crippen LogP contribution is 2.63. The molecule has 3 aromatic rings. The predicted octanol–water partition coefficient (Wildman–Crippen LogP) is 7.78. The van der Waals surface area contributed by atoms with Crippen LogP contribution in [0.3, 0.4) is 0 Å². The van der Waals surface area contributed by atoms with Gasteiger partial charge < -0.3 is 14.5 Å². The number of thioether (sulfide) groups is 2. The first kappa shape index (κ1) is 20.9. The molecular formula is C26H29NO2S2. The smallest absolute Gasteiger partial charge is 0.203 e. The SMILES string of the molecule is CC(C)(C)C1(c2ccc(C3(C(C)(C)C)Oc4ccccc4S3)[nH]2)Oc2ccccc2S1. The second-order valence-electron chi connectivity index (χ2n) is 10.3. The molecule has 2 aliphatic rings. The number of rotatable bonds is 2. The highest BCUT2D eigenvalue weighted by molar-refractivity contribution is 8.00. The summed E-state index contributed by atoms with van der Waals surface area (Å²) in [5, 5.41) is 0. The number of hydrogen-bond donors (Lipinski definition) is 1. The van der Waals surface area contributed by atoms with E-state index < -0.39 is 9.87 Å². The predicted molar refractivity (Wildman–Crippen MR) is 129 cm³/mol. The minimum atomic E-state index is -0.538. The number of ether oxygens (including phenoxy) is 2. The third kappa shape index (κ3) is 3.04. The van der Waals surface area contributed by atoms with Gasteiger partial charge in [-0.25, -0.2) is 0 Å². The Balaban J connectivity index is 1.60. The van der Waals surface area contributed by atoms with Gasteiger partial charge in [-0.2, -0.15) is 0 Å². The minimum absolute atomic E-state index is 0.139. The summed E-state index contributed by atoms with van der Waals surface area (Å²) in [5.74, 6) is 1.89. The Morgan fingerprint density at radius 3 is 1.35 bits per heavy atom. The van der Waals surface area contributed by atoms with Crippen molar-refractivity contribution >= 4 is 23.5 Å². The molecule has 2 unspecified atom stereocenters. The molecule has 3 nitrogen and oxygen atoms in total. The van der Waals surface area contributed by atoms with E-state index in [1.165, 1.54) is 9.79 Å². The first-order valence-corrected chi connectivity index (χ1v) is 12.3. The van der Waals surface area contributed by atoms with Crippen molar-refractivity contribution in [2.75, 3.05) is 0 Å². The summed E-state index contributed by atoms with van der Waals surface area (Å²) in [6.07, 6.45) is 0. The molecule has 31 heavy (non-hydrogen) atoms. The van der Waals surface area contributed by atoms with Gasteiger partial charge in [-0.1, -0.05) is 89.3 Å². The van der Waals surface area contributed by atoms with E-state index in [9.17, 15) is 0 Å². The molecule has 0 saturated heterocycles. The molecule has 1 N–H and O–H groups in total. The van der Waals surface area contributed by atoms with Crippen LogP contribution < -0.4 is 9.47 Å². The van der Waals surface area contributed by atoms with Crippen LogP contribution in [0.2, 0.25) is 0 Å². The van der Waals surface area contributed by atoms with Gasteiger partial charge in [0.15, 0.2) is 0 Å². The van der Waals surface area contributed by atoms with Crippen molar-refractivity contribution in [3.05, 3.63) is 72.1 Å². The lowest BCUT2D eigenvalue weighted by Gasteiger charge is -2.41. The quantitative estimate of drug-likeness (QED) is 0.431. The van der Waals surface area contributed by atoms with E-state index in [-0.39, 0.29) is 10.8 Å². The second-order valence-corrected chi connectivity index (χ2v) is 12.8. The van der Waals surface area contributed by atoms with Crippen LogP contribution >= 0.6 is 23.5 Å². The Morgan fingerprint density at radius 1 is 0.613 bits per heavy atom. The third-order valence-electron chi connectivity index (χ3n) is 6.08.